The summed E-state index contributed by atoms with van der Waals surface area (Å²) < 4.78 is 5.60. The molecule has 1 heterocycles. The largest absolute Gasteiger partial charge is 0.393 e. The molecule has 96 valence electrons. The van der Waals surface area contributed by atoms with Crippen LogP contribution in [-0.2, 0) is 4.74 Å². The molecule has 1 fully saturated rings. The maximum atomic E-state index is 9.48. The van der Waals surface area contributed by atoms with E-state index in [1.54, 1.807) is 0 Å². The summed E-state index contributed by atoms with van der Waals surface area (Å²) in [6.07, 6.45) is 2.12. The van der Waals surface area contributed by atoms with Crippen molar-refractivity contribution in [1.29, 1.82) is 0 Å². The molecule has 3 nitrogen and oxygen atoms in total. The fraction of sp³-hybridized carbons (Fsp3) is 1.00. The lowest BCUT2D eigenvalue weighted by Gasteiger charge is -2.17. The molecule has 1 N–H and O–H groups in total. The molecular formula is C13H27NO2. The van der Waals surface area contributed by atoms with Crippen LogP contribution in [0.3, 0.4) is 0 Å². The molecule has 1 saturated heterocycles. The van der Waals surface area contributed by atoms with Gasteiger partial charge >= 0.3 is 0 Å². The molecule has 16 heavy (non-hydrogen) atoms. The van der Waals surface area contributed by atoms with Crippen LogP contribution in [-0.4, -0.2) is 49.0 Å². The van der Waals surface area contributed by atoms with Crippen molar-refractivity contribution in [2.45, 2.75) is 39.7 Å². The first-order valence-corrected chi connectivity index (χ1v) is 6.57. The smallest absolute Gasteiger partial charge is 0.0593 e. The second-order valence-corrected chi connectivity index (χ2v) is 5.38. The van der Waals surface area contributed by atoms with Crippen LogP contribution in [0.25, 0.3) is 0 Å². The summed E-state index contributed by atoms with van der Waals surface area (Å²) in [7, 11) is 0. The van der Waals surface area contributed by atoms with Gasteiger partial charge in [0.15, 0.2) is 0 Å². The van der Waals surface area contributed by atoms with Gasteiger partial charge in [-0.1, -0.05) is 13.8 Å². The third-order valence-electron chi connectivity index (χ3n) is 3.38. The molecule has 0 amide bonds. The lowest BCUT2D eigenvalue weighted by molar-refractivity contribution is 0.0942. The van der Waals surface area contributed by atoms with Gasteiger partial charge < -0.3 is 14.7 Å². The van der Waals surface area contributed by atoms with Crippen molar-refractivity contribution in [1.82, 2.24) is 4.90 Å². The Morgan fingerprint density at radius 3 is 2.62 bits per heavy atom. The number of likely N-dealkylation sites (tertiary alicyclic amines) is 1. The van der Waals surface area contributed by atoms with Crippen molar-refractivity contribution in [2.24, 2.45) is 11.8 Å². The standard InChI is InChI=1S/C13H27NO2/c1-11(2)5-8-16-9-7-14-6-4-13(10-14)12(3)15/h11-13,15H,4-10H2,1-3H3. The molecule has 0 aromatic rings. The Morgan fingerprint density at radius 2 is 2.06 bits per heavy atom. The minimum atomic E-state index is -0.160. The molecule has 1 aliphatic rings. The first kappa shape index (κ1) is 13.9. The monoisotopic (exact) mass is 229 g/mol. The highest BCUT2D eigenvalue weighted by molar-refractivity contribution is 4.78. The number of hydrogen-bond acceptors (Lipinski definition) is 3. The van der Waals surface area contributed by atoms with Gasteiger partial charge in [-0.05, 0) is 38.1 Å². The summed E-state index contributed by atoms with van der Waals surface area (Å²) >= 11 is 0. The Morgan fingerprint density at radius 1 is 1.31 bits per heavy atom. The van der Waals surface area contributed by atoms with Crippen molar-refractivity contribution >= 4 is 0 Å². The van der Waals surface area contributed by atoms with E-state index in [0.717, 1.165) is 51.6 Å². The molecular weight excluding hydrogens is 202 g/mol. The van der Waals surface area contributed by atoms with E-state index in [0.29, 0.717) is 5.92 Å². The molecule has 2 unspecified atom stereocenters. The van der Waals surface area contributed by atoms with Crippen LogP contribution in [0.15, 0.2) is 0 Å². The fourth-order valence-electron chi connectivity index (χ4n) is 2.07. The zero-order valence-electron chi connectivity index (χ0n) is 11.0. The summed E-state index contributed by atoms with van der Waals surface area (Å²) in [4.78, 5) is 2.40. The van der Waals surface area contributed by atoms with Crippen LogP contribution < -0.4 is 0 Å². The average molecular weight is 229 g/mol. The maximum Gasteiger partial charge on any atom is 0.0593 e. The quantitative estimate of drug-likeness (QED) is 0.675. The number of nitrogens with zero attached hydrogens (tertiary/aromatic N) is 1. The van der Waals surface area contributed by atoms with E-state index in [9.17, 15) is 5.11 Å². The maximum absolute atomic E-state index is 9.48. The molecule has 0 aliphatic carbocycles. The van der Waals surface area contributed by atoms with Gasteiger partial charge in [-0.2, -0.15) is 0 Å². The van der Waals surface area contributed by atoms with Crippen molar-refractivity contribution in [3.05, 3.63) is 0 Å². The summed E-state index contributed by atoms with van der Waals surface area (Å²) in [5.74, 6) is 1.20. The highest BCUT2D eigenvalue weighted by atomic mass is 16.5. The summed E-state index contributed by atoms with van der Waals surface area (Å²) in [6.45, 7) is 11.2. The van der Waals surface area contributed by atoms with Gasteiger partial charge in [0, 0.05) is 19.7 Å². The topological polar surface area (TPSA) is 32.7 Å². The Bertz CT molecular complexity index is 183. The lowest BCUT2D eigenvalue weighted by Crippen LogP contribution is -2.27. The summed E-state index contributed by atoms with van der Waals surface area (Å²) in [5.41, 5.74) is 0. The SMILES string of the molecule is CC(C)CCOCCN1CCC(C(C)O)C1. The van der Waals surface area contributed by atoms with Gasteiger partial charge in [0.25, 0.3) is 0 Å². The number of ether oxygens (including phenoxy) is 1. The van der Waals surface area contributed by atoms with E-state index < -0.39 is 0 Å². The molecule has 0 aromatic heterocycles. The van der Waals surface area contributed by atoms with E-state index in [-0.39, 0.29) is 6.10 Å². The Labute approximate surface area is 99.8 Å². The number of hydrogen-bond donors (Lipinski definition) is 1. The van der Waals surface area contributed by atoms with E-state index in [1.165, 1.54) is 0 Å². The third kappa shape index (κ3) is 5.28. The van der Waals surface area contributed by atoms with Crippen LogP contribution in [0.1, 0.15) is 33.6 Å². The molecule has 3 heteroatoms. The van der Waals surface area contributed by atoms with E-state index in [4.69, 9.17) is 4.74 Å². The van der Waals surface area contributed by atoms with Crippen molar-refractivity contribution < 1.29 is 9.84 Å². The van der Waals surface area contributed by atoms with Gasteiger partial charge in [-0.25, -0.2) is 0 Å². The Balaban J connectivity index is 1.98. The van der Waals surface area contributed by atoms with E-state index in [1.807, 2.05) is 6.92 Å². The lowest BCUT2D eigenvalue weighted by atomic mass is 10.0. The Kier molecular flexibility index (Phi) is 6.32. The molecule has 0 radical (unpaired) electrons. The zero-order chi connectivity index (χ0) is 12.0. The van der Waals surface area contributed by atoms with Gasteiger partial charge in [0.1, 0.15) is 0 Å². The molecule has 0 bridgehead atoms. The zero-order valence-corrected chi connectivity index (χ0v) is 11.0. The number of rotatable bonds is 7. The van der Waals surface area contributed by atoms with Gasteiger partial charge in [-0.3, -0.25) is 0 Å². The van der Waals surface area contributed by atoms with Gasteiger partial charge in [0.05, 0.1) is 12.7 Å². The van der Waals surface area contributed by atoms with Crippen LogP contribution in [0.4, 0.5) is 0 Å². The second kappa shape index (κ2) is 7.25. The first-order valence-electron chi connectivity index (χ1n) is 6.57. The molecule has 2 atom stereocenters. The van der Waals surface area contributed by atoms with E-state index in [2.05, 4.69) is 18.7 Å². The Hall–Kier alpha value is -0.120. The molecule has 0 saturated carbocycles. The summed E-state index contributed by atoms with van der Waals surface area (Å²) in [6, 6.07) is 0. The number of aliphatic hydroxyl groups is 1. The highest BCUT2D eigenvalue weighted by Crippen LogP contribution is 2.18. The minimum absolute atomic E-state index is 0.160. The molecule has 0 spiro atoms. The normalized spacial score (nSPS) is 24.2. The minimum Gasteiger partial charge on any atom is -0.393 e. The van der Waals surface area contributed by atoms with Crippen LogP contribution in [0.2, 0.25) is 0 Å². The van der Waals surface area contributed by atoms with E-state index >= 15 is 0 Å². The van der Waals surface area contributed by atoms with Crippen molar-refractivity contribution in [2.75, 3.05) is 32.8 Å². The average Bonchev–Trinajstić information content (AvgIpc) is 2.65. The van der Waals surface area contributed by atoms with Gasteiger partial charge in [0.2, 0.25) is 0 Å². The molecule has 0 aromatic carbocycles. The number of aliphatic hydroxyl groups excluding tert-OH is 1. The van der Waals surface area contributed by atoms with Crippen molar-refractivity contribution in [3.63, 3.8) is 0 Å². The third-order valence-corrected chi connectivity index (χ3v) is 3.38. The van der Waals surface area contributed by atoms with Crippen LogP contribution >= 0.6 is 0 Å². The second-order valence-electron chi connectivity index (χ2n) is 5.38. The van der Waals surface area contributed by atoms with Crippen LogP contribution in [0, 0.1) is 11.8 Å². The predicted octanol–water partition coefficient (Wildman–Crippen LogP) is 1.75. The first-order chi connectivity index (χ1) is 7.59. The molecule has 1 rings (SSSR count). The predicted molar refractivity (Wildman–Crippen MR) is 66.5 cm³/mol. The van der Waals surface area contributed by atoms with Gasteiger partial charge in [-0.15, -0.1) is 0 Å². The molecule has 1 aliphatic heterocycles. The van der Waals surface area contributed by atoms with Crippen molar-refractivity contribution in [3.8, 4) is 0 Å². The fourth-order valence-corrected chi connectivity index (χ4v) is 2.07. The summed E-state index contributed by atoms with van der Waals surface area (Å²) in [5, 5.41) is 9.48. The van der Waals surface area contributed by atoms with Crippen LogP contribution in [0.5, 0.6) is 0 Å². The highest BCUT2D eigenvalue weighted by Gasteiger charge is 2.25.